The van der Waals surface area contributed by atoms with Crippen LogP contribution in [0, 0.1) is 6.92 Å². The van der Waals surface area contributed by atoms with Crippen LogP contribution in [0.2, 0.25) is 5.02 Å². The topological polar surface area (TPSA) is 75.7 Å². The lowest BCUT2D eigenvalue weighted by Gasteiger charge is -2.24. The van der Waals surface area contributed by atoms with Gasteiger partial charge in [0.15, 0.2) is 0 Å². The minimum Gasteiger partial charge on any atom is -0.456 e. The molecule has 0 bridgehead atoms. The molecule has 0 saturated carbocycles. The van der Waals surface area contributed by atoms with E-state index in [0.29, 0.717) is 27.8 Å². The monoisotopic (exact) mass is 442 g/mol. The van der Waals surface area contributed by atoms with Gasteiger partial charge in [0.2, 0.25) is 0 Å². The Hall–Kier alpha value is -3.03. The zero-order chi connectivity index (χ0) is 21.3. The van der Waals surface area contributed by atoms with E-state index in [0.717, 1.165) is 5.56 Å². The van der Waals surface area contributed by atoms with E-state index in [4.69, 9.17) is 16.3 Å². The number of hydrogen-bond donors (Lipinski definition) is 1. The van der Waals surface area contributed by atoms with E-state index >= 15 is 0 Å². The number of benzene rings is 3. The van der Waals surface area contributed by atoms with Crippen LogP contribution in [0.5, 0.6) is 11.5 Å². The van der Waals surface area contributed by atoms with E-state index in [-0.39, 0.29) is 23.9 Å². The Morgan fingerprint density at radius 3 is 2.50 bits per heavy atom. The first-order chi connectivity index (χ1) is 14.4. The number of aryl methyl sites for hydroxylation is 1. The molecule has 154 valence electrons. The summed E-state index contributed by atoms with van der Waals surface area (Å²) in [5.41, 5.74) is 1.59. The van der Waals surface area contributed by atoms with Gasteiger partial charge < -0.3 is 10.1 Å². The second kappa shape index (κ2) is 8.01. The zero-order valence-corrected chi connectivity index (χ0v) is 17.7. The van der Waals surface area contributed by atoms with E-state index in [1.54, 1.807) is 54.6 Å². The molecule has 0 spiro atoms. The highest BCUT2D eigenvalue weighted by atomic mass is 35.5. The van der Waals surface area contributed by atoms with Crippen LogP contribution in [0.25, 0.3) is 0 Å². The van der Waals surface area contributed by atoms with Crippen molar-refractivity contribution in [3.05, 3.63) is 82.9 Å². The molecule has 1 heterocycles. The fourth-order valence-electron chi connectivity index (χ4n) is 3.25. The minimum absolute atomic E-state index is 0.106. The highest BCUT2D eigenvalue weighted by Gasteiger charge is 2.30. The lowest BCUT2D eigenvalue weighted by Crippen LogP contribution is -2.35. The van der Waals surface area contributed by atoms with E-state index in [9.17, 15) is 13.2 Å². The molecule has 0 aromatic heterocycles. The van der Waals surface area contributed by atoms with Crippen molar-refractivity contribution in [1.29, 1.82) is 0 Å². The molecule has 1 N–H and O–H groups in total. The molecule has 1 aliphatic rings. The van der Waals surface area contributed by atoms with Gasteiger partial charge in [-0.2, -0.15) is 0 Å². The van der Waals surface area contributed by atoms with Gasteiger partial charge in [0, 0.05) is 6.54 Å². The maximum absolute atomic E-state index is 13.3. The molecule has 3 aromatic rings. The van der Waals surface area contributed by atoms with Crippen molar-refractivity contribution in [2.75, 3.05) is 17.4 Å². The quantitative estimate of drug-likeness (QED) is 0.650. The number of carbonyl (C=O) groups excluding carboxylic acids is 1. The second-order valence-electron chi connectivity index (χ2n) is 6.86. The van der Waals surface area contributed by atoms with Crippen LogP contribution >= 0.6 is 11.6 Å². The Balaban J connectivity index is 1.66. The highest BCUT2D eigenvalue weighted by molar-refractivity contribution is 7.92. The largest absolute Gasteiger partial charge is 0.456 e. The van der Waals surface area contributed by atoms with Gasteiger partial charge in [0.1, 0.15) is 11.5 Å². The van der Waals surface area contributed by atoms with E-state index in [1.807, 2.05) is 6.92 Å². The van der Waals surface area contributed by atoms with Crippen LogP contribution < -0.4 is 14.4 Å². The van der Waals surface area contributed by atoms with Gasteiger partial charge in [-0.15, -0.1) is 0 Å². The van der Waals surface area contributed by atoms with E-state index in [2.05, 4.69) is 5.32 Å². The van der Waals surface area contributed by atoms with Crippen LogP contribution in [-0.4, -0.2) is 27.4 Å². The molecule has 0 radical (unpaired) electrons. The van der Waals surface area contributed by atoms with Crippen LogP contribution in [-0.2, 0) is 10.0 Å². The number of rotatable bonds is 4. The van der Waals surface area contributed by atoms with Crippen LogP contribution in [0.3, 0.4) is 0 Å². The summed E-state index contributed by atoms with van der Waals surface area (Å²) in [7, 11) is -3.87. The van der Waals surface area contributed by atoms with Crippen molar-refractivity contribution in [2.45, 2.75) is 11.8 Å². The van der Waals surface area contributed by atoms with Crippen molar-refractivity contribution in [2.24, 2.45) is 0 Å². The number of halogens is 1. The van der Waals surface area contributed by atoms with Crippen molar-refractivity contribution in [3.63, 3.8) is 0 Å². The number of anilines is 1. The molecule has 1 aliphatic heterocycles. The number of carbonyl (C=O) groups is 1. The predicted molar refractivity (Wildman–Crippen MR) is 116 cm³/mol. The lowest BCUT2D eigenvalue weighted by molar-refractivity contribution is 0.0958. The Morgan fingerprint density at radius 2 is 1.77 bits per heavy atom. The number of amides is 1. The van der Waals surface area contributed by atoms with Gasteiger partial charge in [-0.05, 0) is 55.5 Å². The number of nitrogens with zero attached hydrogens (tertiary/aromatic N) is 1. The molecular weight excluding hydrogens is 424 g/mol. The molecule has 3 aromatic carbocycles. The first-order valence-corrected chi connectivity index (χ1v) is 11.1. The Morgan fingerprint density at radius 1 is 1.03 bits per heavy atom. The maximum Gasteiger partial charge on any atom is 0.264 e. The van der Waals surface area contributed by atoms with Gasteiger partial charge in [0.25, 0.3) is 15.9 Å². The standard InChI is InChI=1S/C22H19ClN2O4S/c1-15-6-11-20-18(14-15)22(26)24-12-13-25(20)30(27,28)17-9-7-16(8-10-17)29-21-5-3-2-4-19(21)23/h2-11,14H,12-13H2,1H3,(H,24,26). The summed E-state index contributed by atoms with van der Waals surface area (Å²) in [5.74, 6) is 0.664. The van der Waals surface area contributed by atoms with Crippen LogP contribution in [0.1, 0.15) is 15.9 Å². The SMILES string of the molecule is Cc1ccc2c(c1)C(=O)NCCN2S(=O)(=O)c1ccc(Oc2ccccc2Cl)cc1. The molecule has 8 heteroatoms. The van der Waals surface area contributed by atoms with Gasteiger partial charge in [-0.3, -0.25) is 9.10 Å². The fraction of sp³-hybridized carbons (Fsp3) is 0.136. The van der Waals surface area contributed by atoms with Crippen molar-refractivity contribution in [3.8, 4) is 11.5 Å². The summed E-state index contributed by atoms with van der Waals surface area (Å²) in [6, 6.07) is 18.3. The fourth-order valence-corrected chi connectivity index (χ4v) is 4.91. The first-order valence-electron chi connectivity index (χ1n) is 9.30. The molecular formula is C22H19ClN2O4S. The smallest absolute Gasteiger partial charge is 0.264 e. The van der Waals surface area contributed by atoms with Gasteiger partial charge in [0.05, 0.1) is 27.7 Å². The average molecular weight is 443 g/mol. The van der Waals surface area contributed by atoms with Gasteiger partial charge >= 0.3 is 0 Å². The molecule has 0 unspecified atom stereocenters. The number of fused-ring (bicyclic) bond motifs is 1. The Bertz CT molecular complexity index is 1210. The van der Waals surface area contributed by atoms with Crippen molar-refractivity contribution < 1.29 is 17.9 Å². The number of nitrogens with one attached hydrogen (secondary N) is 1. The predicted octanol–water partition coefficient (Wildman–Crippen LogP) is 4.38. The van der Waals surface area contributed by atoms with Gasteiger partial charge in [-0.25, -0.2) is 8.42 Å². The Kier molecular flexibility index (Phi) is 5.40. The third-order valence-corrected chi connectivity index (χ3v) is 6.88. The summed E-state index contributed by atoms with van der Waals surface area (Å²) in [6.07, 6.45) is 0. The average Bonchev–Trinajstić information content (AvgIpc) is 2.89. The summed E-state index contributed by atoms with van der Waals surface area (Å²) >= 11 is 6.10. The number of ether oxygens (including phenoxy) is 1. The third-order valence-electron chi connectivity index (χ3n) is 4.74. The summed E-state index contributed by atoms with van der Waals surface area (Å²) < 4.78 is 33.7. The minimum atomic E-state index is -3.87. The lowest BCUT2D eigenvalue weighted by atomic mass is 10.1. The summed E-state index contributed by atoms with van der Waals surface area (Å²) in [6.45, 7) is 2.22. The molecule has 4 rings (SSSR count). The van der Waals surface area contributed by atoms with Crippen molar-refractivity contribution >= 4 is 33.2 Å². The molecule has 6 nitrogen and oxygen atoms in total. The third kappa shape index (κ3) is 3.86. The second-order valence-corrected chi connectivity index (χ2v) is 9.13. The molecule has 1 amide bonds. The number of hydrogen-bond acceptors (Lipinski definition) is 4. The van der Waals surface area contributed by atoms with E-state index < -0.39 is 10.0 Å². The molecule has 30 heavy (non-hydrogen) atoms. The highest BCUT2D eigenvalue weighted by Crippen LogP contribution is 2.32. The van der Waals surface area contributed by atoms with Crippen LogP contribution in [0.15, 0.2) is 71.6 Å². The zero-order valence-electron chi connectivity index (χ0n) is 16.1. The number of para-hydroxylation sites is 1. The first kappa shape index (κ1) is 20.3. The summed E-state index contributed by atoms with van der Waals surface area (Å²) in [5, 5.41) is 3.21. The molecule has 0 aliphatic carbocycles. The van der Waals surface area contributed by atoms with Crippen molar-refractivity contribution in [1.82, 2.24) is 5.32 Å². The maximum atomic E-state index is 13.3. The summed E-state index contributed by atoms with van der Waals surface area (Å²) in [4.78, 5) is 12.5. The van der Waals surface area contributed by atoms with E-state index in [1.165, 1.54) is 16.4 Å². The molecule has 0 saturated heterocycles. The van der Waals surface area contributed by atoms with Gasteiger partial charge in [-0.1, -0.05) is 35.4 Å². The molecule has 0 atom stereocenters. The molecule has 0 fully saturated rings. The number of sulfonamides is 1. The van der Waals surface area contributed by atoms with Crippen LogP contribution in [0.4, 0.5) is 5.69 Å². The normalized spacial score (nSPS) is 13.9. The Labute approximate surface area is 180 Å².